The van der Waals surface area contributed by atoms with E-state index in [-0.39, 0.29) is 19.0 Å². The van der Waals surface area contributed by atoms with Gasteiger partial charge in [0, 0.05) is 6.20 Å². The van der Waals surface area contributed by atoms with Crippen LogP contribution in [0.25, 0.3) is 5.52 Å². The van der Waals surface area contributed by atoms with Gasteiger partial charge in [-0.2, -0.15) is 5.01 Å². The van der Waals surface area contributed by atoms with E-state index in [1.807, 2.05) is 18.3 Å². The van der Waals surface area contributed by atoms with Crippen molar-refractivity contribution in [1.29, 1.82) is 0 Å². The lowest BCUT2D eigenvalue weighted by Crippen LogP contribution is -2.47. The third-order valence-corrected chi connectivity index (χ3v) is 2.85. The number of nitrogens with zero attached hydrogens (tertiary/aromatic N) is 3. The van der Waals surface area contributed by atoms with Crippen LogP contribution in [-0.4, -0.2) is 34.8 Å². The smallest absolute Gasteiger partial charge is 0.435 e. The first kappa shape index (κ1) is 15.6. The fourth-order valence-corrected chi connectivity index (χ4v) is 1.96. The second kappa shape index (κ2) is 6.79. The fraction of sp³-hybridized carbons (Fsp3) is 0.357. The summed E-state index contributed by atoms with van der Waals surface area (Å²) in [6.45, 7) is 5.50. The Kier molecular flexibility index (Phi) is 4.82. The number of carbonyl (C=O) groups excluding carboxylic acids is 2. The Morgan fingerprint density at radius 3 is 2.68 bits per heavy atom. The highest BCUT2D eigenvalue weighted by atomic mass is 16.6. The minimum absolute atomic E-state index is 0.171. The van der Waals surface area contributed by atoms with Crippen LogP contribution in [0.2, 0.25) is 0 Å². The zero-order chi connectivity index (χ0) is 16.1. The van der Waals surface area contributed by atoms with E-state index in [0.29, 0.717) is 11.3 Å². The van der Waals surface area contributed by atoms with Gasteiger partial charge in [-0.3, -0.25) is 0 Å². The predicted molar refractivity (Wildman–Crippen MR) is 79.6 cm³/mol. The van der Waals surface area contributed by atoms with Gasteiger partial charge in [0.1, 0.15) is 5.82 Å². The first-order valence-corrected chi connectivity index (χ1v) is 6.92. The van der Waals surface area contributed by atoms with Crippen molar-refractivity contribution in [3.63, 3.8) is 0 Å². The molecule has 0 bridgehead atoms. The molecule has 0 spiro atoms. The van der Waals surface area contributed by atoms with E-state index in [1.165, 1.54) is 0 Å². The maximum absolute atomic E-state index is 12.1. The predicted octanol–water partition coefficient (Wildman–Crippen LogP) is 2.27. The third kappa shape index (κ3) is 3.11. The van der Waals surface area contributed by atoms with Gasteiger partial charge in [-0.15, -0.1) is 0 Å². The van der Waals surface area contributed by atoms with Crippen molar-refractivity contribution >= 4 is 23.5 Å². The normalized spacial score (nSPS) is 10.3. The lowest BCUT2D eigenvalue weighted by molar-refractivity contribution is 0.138. The molecule has 0 saturated heterocycles. The van der Waals surface area contributed by atoms with Crippen LogP contribution in [0.3, 0.4) is 0 Å². The van der Waals surface area contributed by atoms with Crippen LogP contribution in [0.5, 0.6) is 0 Å². The fourth-order valence-electron chi connectivity index (χ4n) is 1.96. The summed E-state index contributed by atoms with van der Waals surface area (Å²) in [6, 6.07) is 5.45. The SMILES string of the molecule is CCOC(=O)NN(C(=O)OCC)c1nc(C)n2ccccc12. The molecule has 8 heteroatoms. The molecule has 0 radical (unpaired) electrons. The van der Waals surface area contributed by atoms with E-state index in [9.17, 15) is 9.59 Å². The molecule has 0 aliphatic rings. The van der Waals surface area contributed by atoms with Crippen LogP contribution in [0.15, 0.2) is 24.4 Å². The standard InChI is InChI=1S/C14H18N4O4/c1-4-21-13(19)16-18(14(20)22-5-2)12-11-8-6-7-9-17(11)10(3)15-12/h6-9H,4-5H2,1-3H3,(H,16,19). The molecule has 0 aliphatic carbocycles. The average molecular weight is 306 g/mol. The maximum Gasteiger partial charge on any atom is 0.435 e. The molecule has 0 aromatic carbocycles. The third-order valence-electron chi connectivity index (χ3n) is 2.85. The summed E-state index contributed by atoms with van der Waals surface area (Å²) in [5.74, 6) is 0.940. The van der Waals surface area contributed by atoms with Crippen LogP contribution in [-0.2, 0) is 9.47 Å². The Labute approximate surface area is 127 Å². The van der Waals surface area contributed by atoms with Crippen LogP contribution >= 0.6 is 0 Å². The average Bonchev–Trinajstić information content (AvgIpc) is 2.83. The number of aryl methyl sites for hydroxylation is 1. The Morgan fingerprint density at radius 2 is 2.00 bits per heavy atom. The highest BCUT2D eigenvalue weighted by molar-refractivity contribution is 5.93. The van der Waals surface area contributed by atoms with Gasteiger partial charge in [0.25, 0.3) is 0 Å². The van der Waals surface area contributed by atoms with Gasteiger partial charge in [0.05, 0.1) is 18.7 Å². The Hall–Kier alpha value is -2.77. The summed E-state index contributed by atoms with van der Waals surface area (Å²) in [7, 11) is 0. The summed E-state index contributed by atoms with van der Waals surface area (Å²) < 4.78 is 11.6. The largest absolute Gasteiger partial charge is 0.449 e. The van der Waals surface area contributed by atoms with E-state index in [0.717, 1.165) is 5.01 Å². The Morgan fingerprint density at radius 1 is 1.27 bits per heavy atom. The summed E-state index contributed by atoms with van der Waals surface area (Å²) in [5, 5.41) is 0.948. The number of aromatic nitrogens is 2. The summed E-state index contributed by atoms with van der Waals surface area (Å²) in [5.41, 5.74) is 3.00. The number of amides is 2. The molecule has 0 aliphatic heterocycles. The number of ether oxygens (including phenoxy) is 2. The highest BCUT2D eigenvalue weighted by Gasteiger charge is 2.25. The number of hydrazine groups is 1. The van der Waals surface area contributed by atoms with Crippen molar-refractivity contribution in [2.45, 2.75) is 20.8 Å². The molecule has 2 aromatic rings. The number of hydrogen-bond acceptors (Lipinski definition) is 5. The molecule has 2 rings (SSSR count). The van der Waals surface area contributed by atoms with Gasteiger partial charge in [-0.25, -0.2) is 20.0 Å². The molecule has 2 aromatic heterocycles. The quantitative estimate of drug-likeness (QED) is 0.879. The minimum Gasteiger partial charge on any atom is -0.449 e. The van der Waals surface area contributed by atoms with Gasteiger partial charge in [-0.05, 0) is 32.9 Å². The minimum atomic E-state index is -0.759. The lowest BCUT2D eigenvalue weighted by atomic mass is 10.4. The van der Waals surface area contributed by atoms with Crippen LogP contribution < -0.4 is 10.4 Å². The second-order valence-corrected chi connectivity index (χ2v) is 4.31. The van der Waals surface area contributed by atoms with Crippen molar-refractivity contribution in [3.05, 3.63) is 30.2 Å². The molecule has 118 valence electrons. The molecule has 22 heavy (non-hydrogen) atoms. The molecule has 0 saturated carbocycles. The molecule has 0 atom stereocenters. The lowest BCUT2D eigenvalue weighted by Gasteiger charge is -2.20. The van der Waals surface area contributed by atoms with E-state index < -0.39 is 12.2 Å². The molecule has 0 unspecified atom stereocenters. The topological polar surface area (TPSA) is 85.2 Å². The van der Waals surface area contributed by atoms with Gasteiger partial charge in [0.2, 0.25) is 0 Å². The zero-order valence-corrected chi connectivity index (χ0v) is 12.7. The van der Waals surface area contributed by atoms with Gasteiger partial charge in [0.15, 0.2) is 5.82 Å². The monoisotopic (exact) mass is 306 g/mol. The summed E-state index contributed by atoms with van der Waals surface area (Å²) in [6.07, 6.45) is 0.319. The van der Waals surface area contributed by atoms with Crippen LogP contribution in [0, 0.1) is 6.92 Å². The summed E-state index contributed by atoms with van der Waals surface area (Å²) >= 11 is 0. The van der Waals surface area contributed by atoms with Crippen molar-refractivity contribution < 1.29 is 19.1 Å². The number of imidazole rings is 1. The van der Waals surface area contributed by atoms with Gasteiger partial charge < -0.3 is 13.9 Å². The number of hydrogen-bond donors (Lipinski definition) is 1. The number of carbonyl (C=O) groups is 2. The van der Waals surface area contributed by atoms with E-state index in [1.54, 1.807) is 31.2 Å². The number of rotatable bonds is 3. The van der Waals surface area contributed by atoms with Crippen molar-refractivity contribution in [3.8, 4) is 0 Å². The zero-order valence-electron chi connectivity index (χ0n) is 12.7. The molecule has 2 amide bonds. The van der Waals surface area contributed by atoms with Crippen molar-refractivity contribution in [1.82, 2.24) is 14.8 Å². The number of nitrogens with one attached hydrogen (secondary N) is 1. The first-order chi connectivity index (χ1) is 10.6. The second-order valence-electron chi connectivity index (χ2n) is 4.31. The highest BCUT2D eigenvalue weighted by Crippen LogP contribution is 2.21. The number of pyridine rings is 1. The number of fused-ring (bicyclic) bond motifs is 1. The van der Waals surface area contributed by atoms with Gasteiger partial charge in [-0.1, -0.05) is 6.07 Å². The van der Waals surface area contributed by atoms with E-state index in [2.05, 4.69) is 10.4 Å². The van der Waals surface area contributed by atoms with Gasteiger partial charge >= 0.3 is 12.2 Å². The maximum atomic E-state index is 12.1. The van der Waals surface area contributed by atoms with Crippen molar-refractivity contribution in [2.75, 3.05) is 18.2 Å². The Balaban J connectivity index is 2.42. The molecule has 1 N–H and O–H groups in total. The van der Waals surface area contributed by atoms with Crippen LogP contribution in [0.1, 0.15) is 19.7 Å². The molecule has 8 nitrogen and oxygen atoms in total. The molecule has 2 heterocycles. The van der Waals surface area contributed by atoms with Crippen LogP contribution in [0.4, 0.5) is 15.4 Å². The number of anilines is 1. The molecular formula is C14H18N4O4. The summed E-state index contributed by atoms with van der Waals surface area (Å²) in [4.78, 5) is 28.1. The van der Waals surface area contributed by atoms with Crippen molar-refractivity contribution in [2.24, 2.45) is 0 Å². The Bertz CT molecular complexity index is 683. The van der Waals surface area contributed by atoms with E-state index in [4.69, 9.17) is 9.47 Å². The van der Waals surface area contributed by atoms with E-state index >= 15 is 0 Å². The molecular weight excluding hydrogens is 288 g/mol. The first-order valence-electron chi connectivity index (χ1n) is 6.92. The molecule has 0 fully saturated rings.